The monoisotopic (exact) mass is 810 g/mol. The third kappa shape index (κ3) is 6.68. The molecule has 1 aromatic carbocycles. The van der Waals surface area contributed by atoms with E-state index in [1.54, 1.807) is 9.13 Å². The first-order valence-electron chi connectivity index (χ1n) is 12.9. The molecule has 0 radical (unpaired) electrons. The molecule has 0 unspecified atom stereocenters. The summed E-state index contributed by atoms with van der Waals surface area (Å²) in [6.45, 7) is 25.3. The van der Waals surface area contributed by atoms with Crippen LogP contribution in [0.2, 0.25) is 0 Å². The van der Waals surface area contributed by atoms with Gasteiger partial charge in [-0.15, -0.1) is 0 Å². The summed E-state index contributed by atoms with van der Waals surface area (Å²) < 4.78 is 88.9. The van der Waals surface area contributed by atoms with E-state index < -0.39 is 34.5 Å². The molecular weight excluding hydrogens is 765 g/mol. The summed E-state index contributed by atoms with van der Waals surface area (Å²) in [6.07, 6.45) is -9.58. The zero-order valence-corrected chi connectivity index (χ0v) is 32.3. The minimum absolute atomic E-state index is 0.150. The second-order valence-electron chi connectivity index (χ2n) is 14.5. The number of hydrogen-bond donors (Lipinski definition) is 0. The molecule has 2 aromatic rings. The molecule has 2 nitrogen and oxygen atoms in total. The minimum atomic E-state index is -5.17. The number of alkyl halides is 6. The number of fused-ring (bicyclic) bond motifs is 1. The summed E-state index contributed by atoms with van der Waals surface area (Å²) in [6, 6.07) is 1.41. The van der Waals surface area contributed by atoms with E-state index in [0.717, 1.165) is 0 Å². The molecule has 40 heavy (non-hydrogen) atoms. The van der Waals surface area contributed by atoms with E-state index in [2.05, 4.69) is 129 Å². The zero-order valence-electron chi connectivity index (χ0n) is 25.4. The van der Waals surface area contributed by atoms with Gasteiger partial charge in [-0.2, -0.15) is 0 Å². The molecule has 0 N–H and O–H groups in total. The molecule has 13 heteroatoms. The molecule has 0 aliphatic rings. The average molecular weight is 807 g/mol. The van der Waals surface area contributed by atoms with Gasteiger partial charge in [-0.3, -0.25) is 0 Å². The van der Waals surface area contributed by atoms with Crippen molar-refractivity contribution in [2.45, 2.75) is 129 Å². The Bertz CT molecular complexity index is 1300. The Morgan fingerprint density at radius 3 is 0.950 bits per heavy atom. The van der Waals surface area contributed by atoms with Crippen LogP contribution < -0.4 is 0 Å². The summed E-state index contributed by atoms with van der Waals surface area (Å²) in [5, 5.41) is -0.873. The Morgan fingerprint density at radius 1 is 0.550 bits per heavy atom. The van der Waals surface area contributed by atoms with Crippen molar-refractivity contribution >= 4 is 67.8 Å². The van der Waals surface area contributed by atoms with E-state index in [4.69, 9.17) is 0 Å². The van der Waals surface area contributed by atoms with Crippen molar-refractivity contribution in [2.75, 3.05) is 0 Å². The molecular formula is C27H42F6N2P2Se3. The summed E-state index contributed by atoms with van der Waals surface area (Å²) in [5.41, 5.74) is -7.21. The van der Waals surface area contributed by atoms with Crippen LogP contribution in [-0.2, 0) is 24.9 Å². The van der Waals surface area contributed by atoms with Crippen LogP contribution in [0.15, 0.2) is 12.1 Å². The Balaban J connectivity index is 3.20. The summed E-state index contributed by atoms with van der Waals surface area (Å²) in [5.74, 6) is 0. The fourth-order valence-corrected chi connectivity index (χ4v) is 15.0. The van der Waals surface area contributed by atoms with Gasteiger partial charge >= 0.3 is 260 Å². The van der Waals surface area contributed by atoms with Crippen molar-refractivity contribution < 1.29 is 26.3 Å². The maximum absolute atomic E-state index is 14.1. The normalized spacial score (nSPS) is 15.2. The molecule has 0 aliphatic heterocycles. The second-order valence-corrected chi connectivity index (χ2v) is 32.0. The molecule has 0 atom stereocenters. The second kappa shape index (κ2) is 10.9. The van der Waals surface area contributed by atoms with Gasteiger partial charge in [0.15, 0.2) is 0 Å². The molecule has 0 bridgehead atoms. The van der Waals surface area contributed by atoms with E-state index >= 15 is 0 Å². The first-order valence-corrected chi connectivity index (χ1v) is 22.1. The molecule has 1 aromatic heterocycles. The van der Waals surface area contributed by atoms with Crippen LogP contribution in [0.4, 0.5) is 26.3 Å². The predicted molar refractivity (Wildman–Crippen MR) is 163 cm³/mol. The van der Waals surface area contributed by atoms with Crippen molar-refractivity contribution in [1.82, 2.24) is 9.13 Å². The Morgan fingerprint density at radius 2 is 0.775 bits per heavy atom. The van der Waals surface area contributed by atoms with E-state index in [1.165, 1.54) is 0 Å². The van der Waals surface area contributed by atoms with Crippen LogP contribution in [0.1, 0.15) is 94.2 Å². The number of imidazole rings is 1. The molecule has 0 spiro atoms. The molecule has 0 amide bonds. The fraction of sp³-hybridized carbons (Fsp3) is 0.741. The van der Waals surface area contributed by atoms with Crippen molar-refractivity contribution in [1.29, 1.82) is 0 Å². The SMILES string of the molecule is CC(C)(C)P(=[Se])(Cn1c(=[Se])n(CP(=[Se])(C(C)(C)C)C(C)(C)C)c2cc(C(F)(F)F)c(C(F)(F)F)cc21)C(C)(C)C. The van der Waals surface area contributed by atoms with E-state index in [9.17, 15) is 26.3 Å². The number of rotatable bonds is 4. The van der Waals surface area contributed by atoms with Crippen LogP contribution in [0.5, 0.6) is 0 Å². The van der Waals surface area contributed by atoms with E-state index in [0.29, 0.717) is 29.0 Å². The Kier molecular flexibility index (Phi) is 10.1. The average Bonchev–Trinajstić information content (AvgIpc) is 2.93. The molecule has 0 saturated heterocycles. The Labute approximate surface area is 258 Å². The van der Waals surface area contributed by atoms with Crippen LogP contribution in [0.25, 0.3) is 11.0 Å². The standard InChI is InChI=1S/C27H42F6N2P2Se3/c1-22(2,3)36(39,23(4,5)6)15-34-19-13-17(26(28,29)30)18(27(31,32)33)14-20(19)35(21(34)38)16-37(40,24(7,8)9)25(10,11)12/h13-14H,15-16H2,1-12H3. The number of halogens is 6. The Hall–Kier alpha value is 0.688. The van der Waals surface area contributed by atoms with Crippen LogP contribution in [0, 0.1) is 4.32 Å². The van der Waals surface area contributed by atoms with Gasteiger partial charge in [0.1, 0.15) is 0 Å². The van der Waals surface area contributed by atoms with Gasteiger partial charge in [0.25, 0.3) is 0 Å². The third-order valence-electron chi connectivity index (χ3n) is 7.78. The molecule has 1 heterocycles. The maximum atomic E-state index is 14.1. The predicted octanol–water partition coefficient (Wildman–Crippen LogP) is 9.49. The summed E-state index contributed by atoms with van der Waals surface area (Å²) in [7, 11) is 0. The van der Waals surface area contributed by atoms with Gasteiger partial charge in [0.05, 0.1) is 0 Å². The van der Waals surface area contributed by atoms with Gasteiger partial charge < -0.3 is 0 Å². The van der Waals surface area contributed by atoms with Crippen LogP contribution in [-0.4, -0.2) is 75.5 Å². The summed E-state index contributed by atoms with van der Waals surface area (Å²) >= 11 is 9.99. The molecule has 0 fully saturated rings. The van der Waals surface area contributed by atoms with Gasteiger partial charge in [0, 0.05) is 0 Å². The number of aromatic nitrogens is 2. The van der Waals surface area contributed by atoms with Gasteiger partial charge in [-0.1, -0.05) is 0 Å². The topological polar surface area (TPSA) is 9.86 Å². The quantitative estimate of drug-likeness (QED) is 0.166. The van der Waals surface area contributed by atoms with Gasteiger partial charge in [-0.05, 0) is 0 Å². The molecule has 2 rings (SSSR count). The number of nitrogens with zero attached hydrogens (tertiary/aromatic N) is 2. The third-order valence-corrected chi connectivity index (χ3v) is 34.0. The summed E-state index contributed by atoms with van der Waals surface area (Å²) in [4.78, 5) is 0. The van der Waals surface area contributed by atoms with Crippen molar-refractivity contribution in [3.05, 3.63) is 27.6 Å². The number of benzene rings is 1. The molecule has 0 saturated carbocycles. The van der Waals surface area contributed by atoms with Crippen molar-refractivity contribution in [3.63, 3.8) is 0 Å². The van der Waals surface area contributed by atoms with Crippen molar-refractivity contribution in [3.8, 4) is 0 Å². The molecule has 230 valence electrons. The van der Waals surface area contributed by atoms with E-state index in [1.807, 2.05) is 0 Å². The number of hydrogen-bond acceptors (Lipinski definition) is 0. The fourth-order valence-electron chi connectivity index (χ4n) is 5.36. The first kappa shape index (κ1) is 36.9. The first-order chi connectivity index (χ1) is 17.3. The zero-order chi connectivity index (χ0) is 31.9. The van der Waals surface area contributed by atoms with Crippen LogP contribution >= 0.6 is 11.0 Å². The van der Waals surface area contributed by atoms with Gasteiger partial charge in [0.2, 0.25) is 0 Å². The van der Waals surface area contributed by atoms with Crippen LogP contribution in [0.3, 0.4) is 0 Å². The van der Waals surface area contributed by atoms with Crippen molar-refractivity contribution in [2.24, 2.45) is 0 Å². The molecule has 0 aliphatic carbocycles. The van der Waals surface area contributed by atoms with Gasteiger partial charge in [-0.25, -0.2) is 0 Å². The van der Waals surface area contributed by atoms with E-state index in [-0.39, 0.29) is 31.7 Å².